The molecule has 1 aliphatic rings. The van der Waals surface area contributed by atoms with Crippen LogP contribution >= 0.6 is 0 Å². The Balaban J connectivity index is 2.00. The highest BCUT2D eigenvalue weighted by atomic mass is 16.7. The predicted molar refractivity (Wildman–Crippen MR) is 92.8 cm³/mol. The number of nitrogens with one attached hydrogen (secondary N) is 1. The van der Waals surface area contributed by atoms with E-state index in [0.29, 0.717) is 6.61 Å². The van der Waals surface area contributed by atoms with E-state index in [1.165, 1.54) is 5.56 Å². The van der Waals surface area contributed by atoms with Crippen LogP contribution in [0.15, 0.2) is 30.3 Å². The first-order chi connectivity index (χ1) is 11.1. The highest BCUT2D eigenvalue weighted by Gasteiger charge is 2.38. The first kappa shape index (κ1) is 18.7. The Morgan fingerprint density at radius 2 is 2.00 bits per heavy atom. The van der Waals surface area contributed by atoms with Crippen molar-refractivity contribution >= 4 is 6.09 Å². The number of rotatable bonds is 5. The maximum Gasteiger partial charge on any atom is 0.407 e. The van der Waals surface area contributed by atoms with Crippen LogP contribution < -0.4 is 5.32 Å². The van der Waals surface area contributed by atoms with E-state index in [1.807, 2.05) is 52.8 Å². The molecule has 2 atom stereocenters. The molecule has 134 valence electrons. The molecule has 1 saturated heterocycles. The van der Waals surface area contributed by atoms with Crippen LogP contribution in [0.1, 0.15) is 46.6 Å². The van der Waals surface area contributed by atoms with Crippen molar-refractivity contribution in [1.29, 1.82) is 0 Å². The van der Waals surface area contributed by atoms with Gasteiger partial charge in [-0.05, 0) is 53.0 Å². The molecule has 1 amide bonds. The average Bonchev–Trinajstić information content (AvgIpc) is 2.83. The van der Waals surface area contributed by atoms with E-state index in [2.05, 4.69) is 17.4 Å². The van der Waals surface area contributed by atoms with Gasteiger partial charge in [0.15, 0.2) is 5.79 Å². The molecular weight excluding hydrogens is 306 g/mol. The molecule has 2 rings (SSSR count). The Hall–Kier alpha value is -1.59. The van der Waals surface area contributed by atoms with Gasteiger partial charge in [-0.2, -0.15) is 0 Å². The fourth-order valence-electron chi connectivity index (χ4n) is 2.69. The van der Waals surface area contributed by atoms with Crippen LogP contribution in [0.5, 0.6) is 0 Å². The molecule has 1 aromatic rings. The number of alkyl carbamates (subject to hydrolysis) is 1. The molecule has 5 nitrogen and oxygen atoms in total. The minimum absolute atomic E-state index is 0.165. The van der Waals surface area contributed by atoms with E-state index >= 15 is 0 Å². The second-order valence-electron chi connectivity index (χ2n) is 7.64. The molecule has 0 radical (unpaired) electrons. The summed E-state index contributed by atoms with van der Waals surface area (Å²) in [6.07, 6.45) is 1.000. The monoisotopic (exact) mass is 335 g/mol. The summed E-state index contributed by atoms with van der Waals surface area (Å²) in [6.45, 7) is 9.78. The van der Waals surface area contributed by atoms with Crippen molar-refractivity contribution in [2.75, 3.05) is 6.61 Å². The SMILES string of the molecule is CC(C)(C)OC(=O)N[C@H](CCc1ccccc1)[C@H]1COC(C)(C)O1. The highest BCUT2D eigenvalue weighted by molar-refractivity contribution is 5.68. The molecule has 0 aliphatic carbocycles. The van der Waals surface area contributed by atoms with Crippen molar-refractivity contribution in [2.45, 2.75) is 71.0 Å². The molecule has 5 heteroatoms. The van der Waals surface area contributed by atoms with Gasteiger partial charge >= 0.3 is 6.09 Å². The number of carbonyl (C=O) groups excluding carboxylic acids is 1. The van der Waals surface area contributed by atoms with E-state index in [4.69, 9.17) is 14.2 Å². The third kappa shape index (κ3) is 6.13. The number of aryl methyl sites for hydroxylation is 1. The quantitative estimate of drug-likeness (QED) is 0.892. The van der Waals surface area contributed by atoms with Crippen LogP contribution in [-0.2, 0) is 20.6 Å². The van der Waals surface area contributed by atoms with Gasteiger partial charge in [0.1, 0.15) is 11.7 Å². The number of hydrogen-bond acceptors (Lipinski definition) is 4. The average molecular weight is 335 g/mol. The van der Waals surface area contributed by atoms with E-state index in [9.17, 15) is 4.79 Å². The van der Waals surface area contributed by atoms with Crippen LogP contribution in [-0.4, -0.2) is 36.2 Å². The lowest BCUT2D eigenvalue weighted by molar-refractivity contribution is -0.141. The van der Waals surface area contributed by atoms with Crippen molar-refractivity contribution < 1.29 is 19.0 Å². The molecule has 1 aromatic carbocycles. The molecule has 1 N–H and O–H groups in total. The zero-order chi connectivity index (χ0) is 17.8. The second kappa shape index (κ2) is 7.53. The van der Waals surface area contributed by atoms with Crippen LogP contribution in [0.25, 0.3) is 0 Å². The van der Waals surface area contributed by atoms with Crippen LogP contribution in [0.4, 0.5) is 4.79 Å². The van der Waals surface area contributed by atoms with Gasteiger partial charge in [0.2, 0.25) is 0 Å². The Morgan fingerprint density at radius 1 is 1.33 bits per heavy atom. The summed E-state index contributed by atoms with van der Waals surface area (Å²) < 4.78 is 17.0. The third-order valence-corrected chi connectivity index (χ3v) is 3.77. The number of hydrogen-bond donors (Lipinski definition) is 1. The maximum atomic E-state index is 12.2. The van der Waals surface area contributed by atoms with Crippen LogP contribution in [0.2, 0.25) is 0 Å². The van der Waals surface area contributed by atoms with E-state index < -0.39 is 17.5 Å². The summed E-state index contributed by atoms with van der Waals surface area (Å²) in [4.78, 5) is 12.2. The summed E-state index contributed by atoms with van der Waals surface area (Å²) in [5, 5.41) is 2.96. The van der Waals surface area contributed by atoms with Gasteiger partial charge in [-0.15, -0.1) is 0 Å². The molecule has 1 aliphatic heterocycles. The Bertz CT molecular complexity index is 536. The van der Waals surface area contributed by atoms with Gasteiger partial charge < -0.3 is 19.5 Å². The van der Waals surface area contributed by atoms with Gasteiger partial charge in [-0.1, -0.05) is 30.3 Å². The van der Waals surface area contributed by atoms with Gasteiger partial charge in [0.05, 0.1) is 12.6 Å². The first-order valence-electron chi connectivity index (χ1n) is 8.50. The predicted octanol–water partition coefficient (Wildman–Crippen LogP) is 3.66. The second-order valence-corrected chi connectivity index (χ2v) is 7.64. The normalized spacial score (nSPS) is 21.3. The fourth-order valence-corrected chi connectivity index (χ4v) is 2.69. The zero-order valence-corrected chi connectivity index (χ0v) is 15.3. The summed E-state index contributed by atoms with van der Waals surface area (Å²) >= 11 is 0. The summed E-state index contributed by atoms with van der Waals surface area (Å²) in [7, 11) is 0. The molecule has 0 bridgehead atoms. The maximum absolute atomic E-state index is 12.2. The molecule has 1 fully saturated rings. The first-order valence-corrected chi connectivity index (χ1v) is 8.50. The highest BCUT2D eigenvalue weighted by Crippen LogP contribution is 2.26. The zero-order valence-electron chi connectivity index (χ0n) is 15.3. The summed E-state index contributed by atoms with van der Waals surface area (Å²) in [6, 6.07) is 10.0. The minimum Gasteiger partial charge on any atom is -0.444 e. The van der Waals surface area contributed by atoms with E-state index in [1.54, 1.807) is 0 Å². The lowest BCUT2D eigenvalue weighted by atomic mass is 10.0. The molecule has 24 heavy (non-hydrogen) atoms. The van der Waals surface area contributed by atoms with Crippen LogP contribution in [0, 0.1) is 0 Å². The Kier molecular flexibility index (Phi) is 5.88. The Morgan fingerprint density at radius 3 is 2.54 bits per heavy atom. The van der Waals surface area contributed by atoms with Crippen molar-refractivity contribution in [3.8, 4) is 0 Å². The number of carbonyl (C=O) groups is 1. The van der Waals surface area contributed by atoms with Crippen molar-refractivity contribution in [1.82, 2.24) is 5.32 Å². The molecule has 0 aromatic heterocycles. The lowest BCUT2D eigenvalue weighted by Crippen LogP contribution is -2.47. The van der Waals surface area contributed by atoms with Gasteiger partial charge in [0, 0.05) is 0 Å². The third-order valence-electron chi connectivity index (χ3n) is 3.77. The summed E-state index contributed by atoms with van der Waals surface area (Å²) in [5.41, 5.74) is 0.701. The number of benzene rings is 1. The minimum atomic E-state index is -0.620. The summed E-state index contributed by atoms with van der Waals surface area (Å²) in [5.74, 6) is -0.620. The van der Waals surface area contributed by atoms with Gasteiger partial charge in [-0.25, -0.2) is 4.79 Å². The lowest BCUT2D eigenvalue weighted by Gasteiger charge is -2.27. The molecule has 1 heterocycles. The van der Waals surface area contributed by atoms with Crippen molar-refractivity contribution in [3.63, 3.8) is 0 Å². The van der Waals surface area contributed by atoms with Crippen molar-refractivity contribution in [2.24, 2.45) is 0 Å². The van der Waals surface area contributed by atoms with Crippen molar-refractivity contribution in [3.05, 3.63) is 35.9 Å². The molecular formula is C19H29NO4. The largest absolute Gasteiger partial charge is 0.444 e. The Labute approximate surface area is 144 Å². The molecule has 0 spiro atoms. The van der Waals surface area contributed by atoms with E-state index in [0.717, 1.165) is 12.8 Å². The van der Waals surface area contributed by atoms with E-state index in [-0.39, 0.29) is 12.1 Å². The molecule has 0 unspecified atom stereocenters. The smallest absolute Gasteiger partial charge is 0.407 e. The molecule has 0 saturated carbocycles. The van der Waals surface area contributed by atoms with Gasteiger partial charge in [0.25, 0.3) is 0 Å². The fraction of sp³-hybridized carbons (Fsp3) is 0.632. The standard InChI is InChI=1S/C19H29NO4/c1-18(2,3)24-17(21)20-15(16-13-22-19(4,5)23-16)12-11-14-9-7-6-8-10-14/h6-10,15-16H,11-13H2,1-5H3,(H,20,21)/t15-,16-/m1/s1. The van der Waals surface area contributed by atoms with Gasteiger partial charge in [-0.3, -0.25) is 0 Å². The topological polar surface area (TPSA) is 56.8 Å². The number of amides is 1. The number of ether oxygens (including phenoxy) is 3. The van der Waals surface area contributed by atoms with Crippen LogP contribution in [0.3, 0.4) is 0 Å².